The van der Waals surface area contributed by atoms with Crippen molar-refractivity contribution in [1.82, 2.24) is 0 Å². The highest BCUT2D eigenvalue weighted by Gasteiger charge is 1.92. The van der Waals surface area contributed by atoms with Gasteiger partial charge in [-0.2, -0.15) is 11.1 Å². The Balaban J connectivity index is 2.75. The van der Waals surface area contributed by atoms with Crippen LogP contribution < -0.4 is 0 Å². The molecule has 0 amide bonds. The van der Waals surface area contributed by atoms with Crippen LogP contribution in [0.1, 0.15) is 20.3 Å². The van der Waals surface area contributed by atoms with Crippen molar-refractivity contribution in [3.05, 3.63) is 0 Å². The minimum Gasteiger partial charge on any atom is -0.176 e. The van der Waals surface area contributed by atoms with Crippen LogP contribution in [0.5, 0.6) is 0 Å². The molecule has 0 radical (unpaired) electrons. The Bertz CT molecular complexity index is 26.7. The lowest BCUT2D eigenvalue weighted by Gasteiger charge is -1.95. The number of rotatable bonds is 2. The Morgan fingerprint density at radius 2 is 2.33 bits per heavy atom. The molecule has 0 saturated carbocycles. The van der Waals surface area contributed by atoms with E-state index < -0.39 is 0 Å². The van der Waals surface area contributed by atoms with Gasteiger partial charge >= 0.3 is 0 Å². The molecule has 0 fully saturated rings. The SMILES string of the molecule is CCC(C)[SiH2]Cl. The van der Waals surface area contributed by atoms with Crippen LogP contribution in [0.2, 0.25) is 5.54 Å². The summed E-state index contributed by atoms with van der Waals surface area (Å²) < 4.78 is 0. The fraction of sp³-hybridized carbons (Fsp3) is 1.00. The molecule has 0 N–H and O–H groups in total. The molecule has 0 saturated heterocycles. The van der Waals surface area contributed by atoms with Crippen LogP contribution in [0.3, 0.4) is 0 Å². The number of hydrogen-bond acceptors (Lipinski definition) is 0. The summed E-state index contributed by atoms with van der Waals surface area (Å²) in [5, 5.41) is 0. The Morgan fingerprint density at radius 3 is 2.33 bits per heavy atom. The molecule has 0 aliphatic rings. The first-order valence-corrected chi connectivity index (χ1v) is 5.32. The van der Waals surface area contributed by atoms with E-state index in [4.69, 9.17) is 11.1 Å². The second-order valence-corrected chi connectivity index (χ2v) is 4.30. The molecular weight excluding hydrogens is 112 g/mol. The molecule has 0 aliphatic heterocycles. The zero-order valence-corrected chi connectivity index (χ0v) is 6.54. The summed E-state index contributed by atoms with van der Waals surface area (Å²) in [5.41, 5.74) is 0.840. The van der Waals surface area contributed by atoms with Crippen molar-refractivity contribution in [2.75, 3.05) is 0 Å². The fourth-order valence-corrected chi connectivity index (χ4v) is 0.982. The second kappa shape index (κ2) is 3.69. The van der Waals surface area contributed by atoms with Crippen LogP contribution in [-0.2, 0) is 0 Å². The van der Waals surface area contributed by atoms with Gasteiger partial charge in [0.2, 0.25) is 0 Å². The summed E-state index contributed by atoms with van der Waals surface area (Å²) in [6, 6.07) is 0. The van der Waals surface area contributed by atoms with E-state index >= 15 is 0 Å². The van der Waals surface area contributed by atoms with E-state index in [2.05, 4.69) is 13.8 Å². The quantitative estimate of drug-likeness (QED) is 0.385. The normalized spacial score (nSPS) is 16.5. The Hall–Kier alpha value is 0.507. The first-order valence-electron chi connectivity index (χ1n) is 2.37. The van der Waals surface area contributed by atoms with Gasteiger partial charge in [0.25, 0.3) is 0 Å². The minimum atomic E-state index is -0.189. The average Bonchev–Trinajstić information content (AvgIpc) is 1.65. The zero-order valence-electron chi connectivity index (χ0n) is 4.37. The Kier molecular flexibility index (Phi) is 4.00. The van der Waals surface area contributed by atoms with E-state index in [0.29, 0.717) is 0 Å². The number of halogens is 1. The van der Waals surface area contributed by atoms with Gasteiger partial charge in [-0.3, -0.25) is 0 Å². The van der Waals surface area contributed by atoms with Crippen LogP contribution in [-0.4, -0.2) is 8.83 Å². The van der Waals surface area contributed by atoms with Crippen LogP contribution >= 0.6 is 11.1 Å². The van der Waals surface area contributed by atoms with Gasteiger partial charge in [0.05, 0.1) is 0 Å². The van der Waals surface area contributed by atoms with Gasteiger partial charge in [-0.05, 0) is 5.54 Å². The monoisotopic (exact) mass is 122 g/mol. The van der Waals surface area contributed by atoms with Crippen LogP contribution in [0.25, 0.3) is 0 Å². The van der Waals surface area contributed by atoms with Gasteiger partial charge in [0, 0.05) is 0 Å². The lowest BCUT2D eigenvalue weighted by Crippen LogP contribution is -1.86. The molecule has 1 unspecified atom stereocenters. The maximum atomic E-state index is 5.59. The number of hydrogen-bond donors (Lipinski definition) is 0. The van der Waals surface area contributed by atoms with Crippen molar-refractivity contribution in [2.45, 2.75) is 25.8 Å². The lowest BCUT2D eigenvalue weighted by molar-refractivity contribution is 0.877. The topological polar surface area (TPSA) is 0 Å². The minimum absolute atomic E-state index is 0.189. The van der Waals surface area contributed by atoms with Gasteiger partial charge < -0.3 is 0 Å². The van der Waals surface area contributed by atoms with Crippen molar-refractivity contribution in [2.24, 2.45) is 0 Å². The zero-order chi connectivity index (χ0) is 4.99. The third-order valence-electron chi connectivity index (χ3n) is 0.960. The Morgan fingerprint density at radius 1 is 1.83 bits per heavy atom. The van der Waals surface area contributed by atoms with Crippen molar-refractivity contribution in [3.63, 3.8) is 0 Å². The average molecular weight is 123 g/mol. The highest BCUT2D eigenvalue weighted by molar-refractivity contribution is 6.94. The maximum Gasteiger partial charge on any atom is 0.128 e. The van der Waals surface area contributed by atoms with Gasteiger partial charge in [-0.1, -0.05) is 20.3 Å². The molecule has 0 aliphatic carbocycles. The van der Waals surface area contributed by atoms with Crippen molar-refractivity contribution < 1.29 is 0 Å². The molecule has 2 heteroatoms. The maximum absolute atomic E-state index is 5.59. The molecule has 1 atom stereocenters. The summed E-state index contributed by atoms with van der Waals surface area (Å²) in [7, 11) is -0.189. The van der Waals surface area contributed by atoms with Gasteiger partial charge in [-0.25, -0.2) is 0 Å². The molecule has 0 heterocycles. The van der Waals surface area contributed by atoms with E-state index in [-0.39, 0.29) is 8.83 Å². The standard InChI is InChI=1S/C4H11ClSi/c1-3-4(2)6-5/h4H,3,6H2,1-2H3. The molecule has 0 spiro atoms. The van der Waals surface area contributed by atoms with Gasteiger partial charge in [-0.15, -0.1) is 0 Å². The third-order valence-corrected chi connectivity index (χ3v) is 3.64. The summed E-state index contributed by atoms with van der Waals surface area (Å²) >= 11 is 5.59. The van der Waals surface area contributed by atoms with Crippen LogP contribution in [0.4, 0.5) is 0 Å². The third kappa shape index (κ3) is 2.73. The lowest BCUT2D eigenvalue weighted by atomic mass is 10.4. The largest absolute Gasteiger partial charge is 0.176 e. The summed E-state index contributed by atoms with van der Waals surface area (Å²) in [5.74, 6) is 0. The second-order valence-electron chi connectivity index (χ2n) is 1.67. The van der Waals surface area contributed by atoms with E-state index in [1.807, 2.05) is 0 Å². The first kappa shape index (κ1) is 6.51. The molecule has 38 valence electrons. The van der Waals surface area contributed by atoms with Crippen LogP contribution in [0, 0.1) is 0 Å². The van der Waals surface area contributed by atoms with Gasteiger partial charge in [0.15, 0.2) is 0 Å². The van der Waals surface area contributed by atoms with Crippen molar-refractivity contribution in [3.8, 4) is 0 Å². The molecule has 0 aromatic heterocycles. The van der Waals surface area contributed by atoms with E-state index in [0.717, 1.165) is 5.54 Å². The molecule has 0 bridgehead atoms. The molecule has 0 rings (SSSR count). The highest BCUT2D eigenvalue weighted by atomic mass is 35.6. The highest BCUT2D eigenvalue weighted by Crippen LogP contribution is 2.05. The van der Waals surface area contributed by atoms with E-state index in [1.54, 1.807) is 0 Å². The molecule has 0 nitrogen and oxygen atoms in total. The smallest absolute Gasteiger partial charge is 0.128 e. The molecule has 0 aromatic carbocycles. The predicted octanol–water partition coefficient (Wildman–Crippen LogP) is 1.53. The molecule has 0 aromatic rings. The first-order chi connectivity index (χ1) is 2.81. The van der Waals surface area contributed by atoms with Crippen LogP contribution in [0.15, 0.2) is 0 Å². The Labute approximate surface area is 46.4 Å². The van der Waals surface area contributed by atoms with Crippen molar-refractivity contribution in [1.29, 1.82) is 0 Å². The summed E-state index contributed by atoms with van der Waals surface area (Å²) in [6.07, 6.45) is 1.26. The summed E-state index contributed by atoms with van der Waals surface area (Å²) in [4.78, 5) is 0. The van der Waals surface area contributed by atoms with E-state index in [9.17, 15) is 0 Å². The molecular formula is C4H11ClSi. The predicted molar refractivity (Wildman–Crippen MR) is 34.1 cm³/mol. The summed E-state index contributed by atoms with van der Waals surface area (Å²) in [6.45, 7) is 4.39. The van der Waals surface area contributed by atoms with E-state index in [1.165, 1.54) is 6.42 Å². The van der Waals surface area contributed by atoms with Crippen molar-refractivity contribution >= 4 is 19.9 Å². The van der Waals surface area contributed by atoms with Gasteiger partial charge in [0.1, 0.15) is 8.83 Å². The fourth-order valence-electron chi connectivity index (χ4n) is 0.109. The molecule has 6 heavy (non-hydrogen) atoms.